The van der Waals surface area contributed by atoms with Crippen LogP contribution in [0.2, 0.25) is 0 Å². The lowest BCUT2D eigenvalue weighted by Gasteiger charge is -2.12. The molecule has 18 heavy (non-hydrogen) atoms. The van der Waals surface area contributed by atoms with Crippen LogP contribution in [0.15, 0.2) is 0 Å². The minimum atomic E-state index is -0.895. The largest absolute Gasteiger partial charge is 0.477 e. The Balaban J connectivity index is 2.42. The zero-order valence-electron chi connectivity index (χ0n) is 11.3. The van der Waals surface area contributed by atoms with Crippen LogP contribution in [0.4, 0.5) is 5.13 Å². The zero-order chi connectivity index (χ0) is 13.5. The number of aryl methyl sites for hydroxylation is 1. The van der Waals surface area contributed by atoms with Gasteiger partial charge in [0.2, 0.25) is 0 Å². The Bertz CT molecular complexity index is 390. The fourth-order valence-electron chi connectivity index (χ4n) is 1.82. The topological polar surface area (TPSA) is 62.2 Å². The van der Waals surface area contributed by atoms with Gasteiger partial charge in [0.05, 0.1) is 5.69 Å². The fourth-order valence-corrected chi connectivity index (χ4v) is 2.73. The molecule has 1 atom stereocenters. The third kappa shape index (κ3) is 4.64. The minimum absolute atomic E-state index is 0.329. The maximum Gasteiger partial charge on any atom is 0.347 e. The summed E-state index contributed by atoms with van der Waals surface area (Å²) in [6.45, 7) is 6.05. The van der Waals surface area contributed by atoms with Gasteiger partial charge in [0.25, 0.3) is 0 Å². The van der Waals surface area contributed by atoms with Crippen LogP contribution in [-0.2, 0) is 0 Å². The molecule has 1 aromatic heterocycles. The van der Waals surface area contributed by atoms with Crippen molar-refractivity contribution in [1.82, 2.24) is 4.98 Å². The molecule has 0 aliphatic heterocycles. The van der Waals surface area contributed by atoms with Crippen molar-refractivity contribution in [3.8, 4) is 0 Å². The number of unbranched alkanes of at least 4 members (excludes halogenated alkanes) is 3. The predicted octanol–water partition coefficient (Wildman–Crippen LogP) is 3.92. The van der Waals surface area contributed by atoms with Gasteiger partial charge in [-0.2, -0.15) is 0 Å². The Kier molecular flexibility index (Phi) is 6.12. The van der Waals surface area contributed by atoms with Gasteiger partial charge in [0.15, 0.2) is 5.13 Å². The van der Waals surface area contributed by atoms with Crippen molar-refractivity contribution >= 4 is 22.4 Å². The molecule has 0 fully saturated rings. The van der Waals surface area contributed by atoms with E-state index in [1.807, 2.05) is 0 Å². The van der Waals surface area contributed by atoms with E-state index in [0.29, 0.717) is 21.7 Å². The van der Waals surface area contributed by atoms with E-state index >= 15 is 0 Å². The SMILES string of the molecule is CCCCCCC(C)Nc1nc(C)c(C(=O)O)s1. The van der Waals surface area contributed by atoms with Crippen molar-refractivity contribution < 1.29 is 9.90 Å². The molecule has 0 amide bonds. The van der Waals surface area contributed by atoms with Crippen molar-refractivity contribution in [1.29, 1.82) is 0 Å². The Morgan fingerprint density at radius 3 is 2.72 bits per heavy atom. The zero-order valence-corrected chi connectivity index (χ0v) is 12.1. The molecule has 0 saturated carbocycles. The molecule has 2 N–H and O–H groups in total. The van der Waals surface area contributed by atoms with Gasteiger partial charge >= 0.3 is 5.97 Å². The number of nitrogens with zero attached hydrogens (tertiary/aromatic N) is 1. The number of carboxylic acids is 1. The van der Waals surface area contributed by atoms with Crippen LogP contribution < -0.4 is 5.32 Å². The van der Waals surface area contributed by atoms with E-state index in [1.165, 1.54) is 37.0 Å². The Morgan fingerprint density at radius 2 is 2.17 bits per heavy atom. The fraction of sp³-hybridized carbons (Fsp3) is 0.692. The van der Waals surface area contributed by atoms with Crippen molar-refractivity contribution in [3.63, 3.8) is 0 Å². The number of thiazole rings is 1. The van der Waals surface area contributed by atoms with E-state index < -0.39 is 5.97 Å². The van der Waals surface area contributed by atoms with Gasteiger partial charge in [0, 0.05) is 6.04 Å². The van der Waals surface area contributed by atoms with Crippen molar-refractivity contribution in [3.05, 3.63) is 10.6 Å². The molecule has 1 rings (SSSR count). The number of aromatic nitrogens is 1. The second-order valence-electron chi connectivity index (χ2n) is 4.63. The first-order valence-corrected chi connectivity index (χ1v) is 7.33. The highest BCUT2D eigenvalue weighted by Gasteiger charge is 2.14. The summed E-state index contributed by atoms with van der Waals surface area (Å²) in [7, 11) is 0. The van der Waals surface area contributed by atoms with Crippen LogP contribution in [-0.4, -0.2) is 22.1 Å². The average Bonchev–Trinajstić information content (AvgIpc) is 2.66. The Labute approximate surface area is 112 Å². The molecule has 5 heteroatoms. The summed E-state index contributed by atoms with van der Waals surface area (Å²) in [6.07, 6.45) is 6.10. The maximum absolute atomic E-state index is 10.9. The Morgan fingerprint density at radius 1 is 1.44 bits per heavy atom. The third-order valence-electron chi connectivity index (χ3n) is 2.85. The molecule has 4 nitrogen and oxygen atoms in total. The van der Waals surface area contributed by atoms with E-state index in [9.17, 15) is 4.79 Å². The third-order valence-corrected chi connectivity index (χ3v) is 3.93. The standard InChI is InChI=1S/C13H22N2O2S/c1-4-5-6-7-8-9(2)14-13-15-10(3)11(18-13)12(16)17/h9H,4-8H2,1-3H3,(H,14,15)(H,16,17). The summed E-state index contributed by atoms with van der Waals surface area (Å²) in [5.41, 5.74) is 0.591. The molecule has 0 radical (unpaired) electrons. The van der Waals surface area contributed by atoms with Crippen LogP contribution in [0.3, 0.4) is 0 Å². The van der Waals surface area contributed by atoms with Gasteiger partial charge in [-0.15, -0.1) is 0 Å². The van der Waals surface area contributed by atoms with Crippen LogP contribution in [0.25, 0.3) is 0 Å². The predicted molar refractivity (Wildman–Crippen MR) is 75.7 cm³/mol. The normalized spacial score (nSPS) is 12.4. The van der Waals surface area contributed by atoms with E-state index in [1.54, 1.807) is 6.92 Å². The van der Waals surface area contributed by atoms with Gasteiger partial charge in [-0.25, -0.2) is 9.78 Å². The first kappa shape index (κ1) is 15.0. The number of carboxylic acid groups (broad SMARTS) is 1. The molecule has 0 aliphatic carbocycles. The van der Waals surface area contributed by atoms with Crippen LogP contribution in [0, 0.1) is 6.92 Å². The molecule has 1 unspecified atom stereocenters. The van der Waals surface area contributed by atoms with E-state index in [-0.39, 0.29) is 0 Å². The number of hydrogen-bond donors (Lipinski definition) is 2. The summed E-state index contributed by atoms with van der Waals surface area (Å²) in [5, 5.41) is 13.0. The summed E-state index contributed by atoms with van der Waals surface area (Å²) >= 11 is 1.22. The summed E-state index contributed by atoms with van der Waals surface area (Å²) in [4.78, 5) is 15.5. The second kappa shape index (κ2) is 7.36. The highest BCUT2D eigenvalue weighted by Crippen LogP contribution is 2.23. The first-order chi connectivity index (χ1) is 8.54. The number of aromatic carboxylic acids is 1. The van der Waals surface area contributed by atoms with Crippen molar-refractivity contribution in [2.24, 2.45) is 0 Å². The average molecular weight is 270 g/mol. The van der Waals surface area contributed by atoms with Crippen LogP contribution >= 0.6 is 11.3 Å². The first-order valence-electron chi connectivity index (χ1n) is 6.51. The second-order valence-corrected chi connectivity index (χ2v) is 5.63. The number of rotatable bonds is 8. The molecular formula is C13H22N2O2S. The minimum Gasteiger partial charge on any atom is -0.477 e. The van der Waals surface area contributed by atoms with Gasteiger partial charge in [-0.3, -0.25) is 0 Å². The summed E-state index contributed by atoms with van der Waals surface area (Å²) in [5.74, 6) is -0.895. The number of nitrogens with one attached hydrogen (secondary N) is 1. The summed E-state index contributed by atoms with van der Waals surface area (Å²) in [6, 6.07) is 0.342. The maximum atomic E-state index is 10.9. The van der Waals surface area contributed by atoms with Crippen molar-refractivity contribution in [2.45, 2.75) is 58.9 Å². The molecule has 1 aromatic rings. The van der Waals surface area contributed by atoms with Gasteiger partial charge < -0.3 is 10.4 Å². The van der Waals surface area contributed by atoms with Gasteiger partial charge in [-0.05, 0) is 20.3 Å². The van der Waals surface area contributed by atoms with E-state index in [0.717, 1.165) is 6.42 Å². The van der Waals surface area contributed by atoms with E-state index in [2.05, 4.69) is 24.1 Å². The Hall–Kier alpha value is -1.10. The lowest BCUT2D eigenvalue weighted by molar-refractivity contribution is 0.0701. The number of anilines is 1. The molecule has 0 spiro atoms. The molecular weight excluding hydrogens is 248 g/mol. The summed E-state index contributed by atoms with van der Waals surface area (Å²) < 4.78 is 0. The smallest absolute Gasteiger partial charge is 0.347 e. The molecule has 0 aliphatic rings. The molecule has 0 saturated heterocycles. The molecule has 1 heterocycles. The van der Waals surface area contributed by atoms with Crippen LogP contribution in [0.5, 0.6) is 0 Å². The lowest BCUT2D eigenvalue weighted by Crippen LogP contribution is -2.14. The molecule has 0 aromatic carbocycles. The quantitative estimate of drug-likeness (QED) is 0.703. The monoisotopic (exact) mass is 270 g/mol. The van der Waals surface area contributed by atoms with Gasteiger partial charge in [0.1, 0.15) is 4.88 Å². The van der Waals surface area contributed by atoms with Gasteiger partial charge in [-0.1, -0.05) is 43.9 Å². The highest BCUT2D eigenvalue weighted by molar-refractivity contribution is 7.17. The molecule has 0 bridgehead atoms. The van der Waals surface area contributed by atoms with Crippen molar-refractivity contribution in [2.75, 3.05) is 5.32 Å². The number of carbonyl (C=O) groups is 1. The van der Waals surface area contributed by atoms with Crippen LogP contribution in [0.1, 0.15) is 61.3 Å². The lowest BCUT2D eigenvalue weighted by atomic mass is 10.1. The van der Waals surface area contributed by atoms with E-state index in [4.69, 9.17) is 5.11 Å². The number of hydrogen-bond acceptors (Lipinski definition) is 4. The highest BCUT2D eigenvalue weighted by atomic mass is 32.1. The molecule has 102 valence electrons.